The molecule has 2 aliphatic rings. The number of carboxylic acid groups (broad SMARTS) is 1. The van der Waals surface area contributed by atoms with Crippen LogP contribution in [0.5, 0.6) is 0 Å². The van der Waals surface area contributed by atoms with E-state index in [1.54, 1.807) is 18.2 Å². The Bertz CT molecular complexity index is 1140. The minimum absolute atomic E-state index is 0.0294. The first-order valence-electron chi connectivity index (χ1n) is 9.95. The number of Topliss-reactive ketones (excluding diaryl/α,β-unsaturated/α-hetero) is 1. The van der Waals surface area contributed by atoms with Gasteiger partial charge in [-0.2, -0.15) is 0 Å². The highest BCUT2D eigenvalue weighted by Crippen LogP contribution is 2.48. The summed E-state index contributed by atoms with van der Waals surface area (Å²) in [5.74, 6) is -2.35. The third-order valence-corrected chi connectivity index (χ3v) is 6.18. The Kier molecular flexibility index (Phi) is 5.21. The van der Waals surface area contributed by atoms with Crippen LogP contribution in [0.3, 0.4) is 0 Å². The molecule has 2 aromatic carbocycles. The molecule has 0 aromatic heterocycles. The number of carbonyl (C=O) groups excluding carboxylic acids is 2. The number of hydrogen-bond donors (Lipinski definition) is 1. The molecule has 1 unspecified atom stereocenters. The van der Waals surface area contributed by atoms with Gasteiger partial charge in [-0.3, -0.25) is 14.5 Å². The van der Waals surface area contributed by atoms with E-state index in [1.807, 2.05) is 13.8 Å². The summed E-state index contributed by atoms with van der Waals surface area (Å²) in [5.41, 5.74) is 1.71. The molecule has 4 rings (SSSR count). The van der Waals surface area contributed by atoms with E-state index >= 15 is 0 Å². The lowest BCUT2D eigenvalue weighted by molar-refractivity contribution is -0.121. The number of ketones is 1. The van der Waals surface area contributed by atoms with Gasteiger partial charge in [0.1, 0.15) is 5.82 Å². The minimum Gasteiger partial charge on any atom is -0.478 e. The van der Waals surface area contributed by atoms with Gasteiger partial charge in [0.2, 0.25) is 5.91 Å². The van der Waals surface area contributed by atoms with Gasteiger partial charge in [0.25, 0.3) is 0 Å². The number of rotatable bonds is 3. The number of hydrogen-bond acceptors (Lipinski definition) is 3. The Labute approximate surface area is 184 Å². The Morgan fingerprint density at radius 1 is 1.13 bits per heavy atom. The first-order valence-corrected chi connectivity index (χ1v) is 10.3. The average molecular weight is 442 g/mol. The molecule has 1 atom stereocenters. The molecule has 2 aromatic rings. The summed E-state index contributed by atoms with van der Waals surface area (Å²) in [6.45, 7) is 3.92. The lowest BCUT2D eigenvalue weighted by atomic mass is 9.69. The Hall–Kier alpha value is -2.99. The highest BCUT2D eigenvalue weighted by atomic mass is 35.5. The molecule has 160 valence electrons. The summed E-state index contributed by atoms with van der Waals surface area (Å²) in [6.07, 6.45) is 0.844. The second kappa shape index (κ2) is 7.61. The quantitative estimate of drug-likeness (QED) is 0.697. The number of aromatic carboxylic acids is 1. The summed E-state index contributed by atoms with van der Waals surface area (Å²) < 4.78 is 13.4. The molecule has 0 bridgehead atoms. The van der Waals surface area contributed by atoms with Gasteiger partial charge in [-0.15, -0.1) is 0 Å². The zero-order valence-corrected chi connectivity index (χ0v) is 17.9. The highest BCUT2D eigenvalue weighted by molar-refractivity contribution is 6.33. The normalized spacial score (nSPS) is 20.6. The topological polar surface area (TPSA) is 74.7 Å². The fourth-order valence-electron chi connectivity index (χ4n) is 4.51. The lowest BCUT2D eigenvalue weighted by Gasteiger charge is -2.43. The van der Waals surface area contributed by atoms with Crippen molar-refractivity contribution in [2.45, 2.75) is 39.0 Å². The Morgan fingerprint density at radius 3 is 2.45 bits per heavy atom. The van der Waals surface area contributed by atoms with E-state index in [1.165, 1.54) is 29.2 Å². The molecule has 0 saturated carbocycles. The monoisotopic (exact) mass is 441 g/mol. The van der Waals surface area contributed by atoms with Gasteiger partial charge in [0.15, 0.2) is 5.78 Å². The summed E-state index contributed by atoms with van der Waals surface area (Å²) >= 11 is 6.01. The summed E-state index contributed by atoms with van der Waals surface area (Å²) in [4.78, 5) is 39.5. The Balaban J connectivity index is 1.90. The van der Waals surface area contributed by atoms with E-state index in [4.69, 9.17) is 11.6 Å². The fraction of sp³-hybridized carbons (Fsp3) is 0.292. The van der Waals surface area contributed by atoms with E-state index in [9.17, 15) is 23.9 Å². The molecule has 5 nitrogen and oxygen atoms in total. The molecule has 1 heterocycles. The summed E-state index contributed by atoms with van der Waals surface area (Å²) in [7, 11) is 0. The molecule has 0 spiro atoms. The predicted molar refractivity (Wildman–Crippen MR) is 115 cm³/mol. The van der Waals surface area contributed by atoms with Crippen LogP contribution in [0.25, 0.3) is 0 Å². The molecule has 0 saturated heterocycles. The number of allylic oxidation sites excluding steroid dienone is 2. The molecule has 0 radical (unpaired) electrons. The van der Waals surface area contributed by atoms with Crippen molar-refractivity contribution >= 4 is 34.9 Å². The first-order chi connectivity index (χ1) is 14.6. The van der Waals surface area contributed by atoms with Crippen molar-refractivity contribution in [3.05, 3.63) is 75.7 Å². The van der Waals surface area contributed by atoms with Crippen LogP contribution in [-0.2, 0) is 9.59 Å². The molecule has 1 amide bonds. The maximum absolute atomic E-state index is 13.4. The maximum Gasteiger partial charge on any atom is 0.337 e. The second-order valence-corrected chi connectivity index (χ2v) is 9.22. The Morgan fingerprint density at radius 2 is 1.81 bits per heavy atom. The fourth-order valence-corrected chi connectivity index (χ4v) is 4.71. The van der Waals surface area contributed by atoms with Crippen LogP contribution in [0.4, 0.5) is 10.1 Å². The van der Waals surface area contributed by atoms with Crippen molar-refractivity contribution in [1.82, 2.24) is 0 Å². The maximum atomic E-state index is 13.4. The smallest absolute Gasteiger partial charge is 0.337 e. The van der Waals surface area contributed by atoms with Crippen molar-refractivity contribution in [1.29, 1.82) is 0 Å². The van der Waals surface area contributed by atoms with Gasteiger partial charge in [-0.25, -0.2) is 9.18 Å². The number of benzene rings is 2. The highest BCUT2D eigenvalue weighted by Gasteiger charge is 2.44. The van der Waals surface area contributed by atoms with E-state index in [0.29, 0.717) is 35.4 Å². The van der Waals surface area contributed by atoms with Gasteiger partial charge >= 0.3 is 5.97 Å². The zero-order chi connectivity index (χ0) is 22.5. The van der Waals surface area contributed by atoms with Crippen LogP contribution in [0.2, 0.25) is 5.02 Å². The van der Waals surface area contributed by atoms with Gasteiger partial charge in [0, 0.05) is 35.7 Å². The number of carbonyl (C=O) groups is 3. The van der Waals surface area contributed by atoms with Crippen molar-refractivity contribution in [3.63, 3.8) is 0 Å². The molecule has 1 aliphatic carbocycles. The van der Waals surface area contributed by atoms with Gasteiger partial charge in [-0.05, 0) is 47.7 Å². The number of halogens is 2. The van der Waals surface area contributed by atoms with Crippen LogP contribution >= 0.6 is 11.6 Å². The van der Waals surface area contributed by atoms with Crippen molar-refractivity contribution in [2.24, 2.45) is 5.41 Å². The van der Waals surface area contributed by atoms with Gasteiger partial charge < -0.3 is 5.11 Å². The average Bonchev–Trinajstić information content (AvgIpc) is 2.67. The molecular formula is C24H21ClFNO4. The van der Waals surface area contributed by atoms with Crippen LogP contribution in [0.1, 0.15) is 54.9 Å². The van der Waals surface area contributed by atoms with Crippen LogP contribution in [-0.4, -0.2) is 22.8 Å². The third kappa shape index (κ3) is 3.88. The van der Waals surface area contributed by atoms with Crippen LogP contribution in [0, 0.1) is 11.2 Å². The standard InChI is InChI=1S/C24H21ClFNO4/c1-24(2)11-19-22(20(28)12-24)16(13-3-5-14(26)6-4-13)10-21(29)27(19)15-7-8-18(25)17(9-15)23(30)31/h3-9,16H,10-12H2,1-2H3,(H,30,31). The van der Waals surface area contributed by atoms with Gasteiger partial charge in [-0.1, -0.05) is 37.6 Å². The van der Waals surface area contributed by atoms with Crippen LogP contribution in [0.15, 0.2) is 53.7 Å². The number of carboxylic acids is 1. The second-order valence-electron chi connectivity index (χ2n) is 8.81. The third-order valence-electron chi connectivity index (χ3n) is 5.85. The number of amides is 1. The van der Waals surface area contributed by atoms with E-state index in [2.05, 4.69) is 0 Å². The number of nitrogens with zero attached hydrogens (tertiary/aromatic N) is 1. The van der Waals surface area contributed by atoms with E-state index in [0.717, 1.165) is 0 Å². The minimum atomic E-state index is -1.20. The molecule has 0 fully saturated rings. The molecular weight excluding hydrogens is 421 g/mol. The van der Waals surface area contributed by atoms with Crippen molar-refractivity contribution < 1.29 is 23.9 Å². The zero-order valence-electron chi connectivity index (χ0n) is 17.1. The SMILES string of the molecule is CC1(C)CC(=O)C2=C(C1)N(c1ccc(Cl)c(C(=O)O)c1)C(=O)CC2c1ccc(F)cc1. The van der Waals surface area contributed by atoms with Crippen molar-refractivity contribution in [2.75, 3.05) is 4.90 Å². The lowest BCUT2D eigenvalue weighted by Crippen LogP contribution is -2.43. The largest absolute Gasteiger partial charge is 0.478 e. The first kappa shape index (κ1) is 21.2. The van der Waals surface area contributed by atoms with Gasteiger partial charge in [0.05, 0.1) is 10.6 Å². The summed E-state index contributed by atoms with van der Waals surface area (Å²) in [5, 5.41) is 9.51. The van der Waals surface area contributed by atoms with E-state index in [-0.39, 0.29) is 39.9 Å². The molecule has 7 heteroatoms. The number of anilines is 1. The van der Waals surface area contributed by atoms with E-state index < -0.39 is 11.9 Å². The van der Waals surface area contributed by atoms with Crippen LogP contribution < -0.4 is 4.90 Å². The molecule has 1 N–H and O–H groups in total. The molecule has 31 heavy (non-hydrogen) atoms. The summed E-state index contributed by atoms with van der Waals surface area (Å²) in [6, 6.07) is 10.2. The molecule has 1 aliphatic heterocycles. The van der Waals surface area contributed by atoms with Crippen molar-refractivity contribution in [3.8, 4) is 0 Å². The predicted octanol–water partition coefficient (Wildman–Crippen LogP) is 5.34.